The minimum absolute atomic E-state index is 0.216. The molecule has 1 N–H and O–H groups in total. The van der Waals surface area contributed by atoms with Gasteiger partial charge in [-0.05, 0) is 37.8 Å². The fourth-order valence-corrected chi connectivity index (χ4v) is 3.12. The summed E-state index contributed by atoms with van der Waals surface area (Å²) in [5, 5.41) is 14.1. The quantitative estimate of drug-likeness (QED) is 0.187. The summed E-state index contributed by atoms with van der Waals surface area (Å²) in [6.07, 6.45) is 7.16. The molecule has 0 bridgehead atoms. The predicted octanol–water partition coefficient (Wildman–Crippen LogP) is 4.00. The maximum absolute atomic E-state index is 10.4. The fraction of sp³-hybridized carbons (Fsp3) is 0.800. The molecule has 8 heteroatoms. The second-order valence-corrected chi connectivity index (χ2v) is 7.16. The van der Waals surface area contributed by atoms with Crippen LogP contribution in [0.25, 0.3) is 10.4 Å². The lowest BCUT2D eigenvalue weighted by Crippen LogP contribution is -2.47. The van der Waals surface area contributed by atoms with Crippen molar-refractivity contribution in [2.24, 2.45) is 5.11 Å². The fourth-order valence-electron chi connectivity index (χ4n) is 3.12. The van der Waals surface area contributed by atoms with Crippen molar-refractivity contribution in [3.8, 4) is 0 Å². The van der Waals surface area contributed by atoms with Gasteiger partial charge >= 0.3 is 0 Å². The van der Waals surface area contributed by atoms with E-state index in [-0.39, 0.29) is 12.2 Å². The van der Waals surface area contributed by atoms with Crippen LogP contribution in [0.2, 0.25) is 0 Å². The van der Waals surface area contributed by atoms with Gasteiger partial charge in [0.2, 0.25) is 6.29 Å². The molecule has 0 aromatic rings. The van der Waals surface area contributed by atoms with Crippen LogP contribution in [0.4, 0.5) is 0 Å². The lowest BCUT2D eigenvalue weighted by Gasteiger charge is -2.38. The summed E-state index contributed by atoms with van der Waals surface area (Å²) in [4.78, 5) is 2.86. The largest absolute Gasteiger partial charge is 0.493 e. The number of azide groups is 1. The number of unbranched alkanes of at least 4 members (excludes halogenated alkanes) is 2. The Morgan fingerprint density at radius 2 is 2.04 bits per heavy atom. The van der Waals surface area contributed by atoms with Crippen LogP contribution in [0, 0.1) is 0 Å². The highest BCUT2D eigenvalue weighted by Gasteiger charge is 2.38. The molecule has 2 rings (SSSR count). The molecule has 0 amide bonds. The Morgan fingerprint density at radius 1 is 1.29 bits per heavy atom. The van der Waals surface area contributed by atoms with Gasteiger partial charge in [0.25, 0.3) is 0 Å². The van der Waals surface area contributed by atoms with Crippen molar-refractivity contribution in [2.45, 2.75) is 89.6 Å². The Bertz CT molecular complexity index is 576. The zero-order chi connectivity index (χ0) is 20.4. The molecule has 158 valence electrons. The van der Waals surface area contributed by atoms with Crippen molar-refractivity contribution in [3.05, 3.63) is 34.4 Å². The number of hydrogen-bond acceptors (Lipinski definition) is 6. The van der Waals surface area contributed by atoms with Gasteiger partial charge in [-0.15, -0.1) is 0 Å². The second-order valence-electron chi connectivity index (χ2n) is 7.16. The van der Waals surface area contributed by atoms with Crippen LogP contribution in [0.1, 0.15) is 52.9 Å². The van der Waals surface area contributed by atoms with Crippen molar-refractivity contribution in [3.63, 3.8) is 0 Å². The summed E-state index contributed by atoms with van der Waals surface area (Å²) in [7, 11) is 0. The van der Waals surface area contributed by atoms with Crippen molar-refractivity contribution in [2.75, 3.05) is 13.2 Å². The molecule has 1 heterocycles. The molecule has 0 saturated heterocycles. The summed E-state index contributed by atoms with van der Waals surface area (Å²) >= 11 is 0. The summed E-state index contributed by atoms with van der Waals surface area (Å²) in [5.74, 6) is 0.550. The highest BCUT2D eigenvalue weighted by Crippen LogP contribution is 2.29. The maximum Gasteiger partial charge on any atom is 0.217 e. The number of aliphatic hydroxyl groups is 1. The standard InChI is InChI=1S/C20H33N3O5/c1-4-6-11-25-17-13-18(26-12-7-5-2)20(27-14(17)3)28-19-15(22-23-21)9-8-10-16(19)24/h8-9,13-17,19-20,24H,4-7,10-12H2,1-3H3. The first-order valence-electron chi connectivity index (χ1n) is 10.3. The van der Waals surface area contributed by atoms with Crippen LogP contribution in [-0.2, 0) is 18.9 Å². The summed E-state index contributed by atoms with van der Waals surface area (Å²) < 4.78 is 23.9. The Morgan fingerprint density at radius 3 is 2.75 bits per heavy atom. The molecule has 0 saturated carbocycles. The third-order valence-electron chi connectivity index (χ3n) is 4.83. The van der Waals surface area contributed by atoms with Gasteiger partial charge in [0, 0.05) is 11.5 Å². The highest BCUT2D eigenvalue weighted by atomic mass is 16.7. The topological polar surface area (TPSA) is 106 Å². The van der Waals surface area contributed by atoms with Gasteiger partial charge in [-0.1, -0.05) is 44.0 Å². The van der Waals surface area contributed by atoms with Crippen LogP contribution in [-0.4, -0.2) is 55.1 Å². The smallest absolute Gasteiger partial charge is 0.217 e. The first-order chi connectivity index (χ1) is 13.6. The van der Waals surface area contributed by atoms with E-state index < -0.39 is 24.5 Å². The summed E-state index contributed by atoms with van der Waals surface area (Å²) in [5.41, 5.74) is 8.81. The number of aliphatic hydroxyl groups excluding tert-OH is 1. The van der Waals surface area contributed by atoms with E-state index in [0.29, 0.717) is 25.4 Å². The second kappa shape index (κ2) is 12.1. The minimum atomic E-state index is -0.783. The summed E-state index contributed by atoms with van der Waals surface area (Å²) in [6, 6.07) is -0.594. The third-order valence-corrected chi connectivity index (χ3v) is 4.83. The molecule has 0 radical (unpaired) electrons. The molecule has 0 aromatic carbocycles. The minimum Gasteiger partial charge on any atom is -0.493 e. The van der Waals surface area contributed by atoms with E-state index in [1.54, 1.807) is 12.2 Å². The lowest BCUT2D eigenvalue weighted by molar-refractivity contribution is -0.231. The predicted molar refractivity (Wildman–Crippen MR) is 105 cm³/mol. The van der Waals surface area contributed by atoms with E-state index in [0.717, 1.165) is 25.7 Å². The van der Waals surface area contributed by atoms with Gasteiger partial charge < -0.3 is 24.1 Å². The molecule has 2 aliphatic rings. The molecular formula is C20H33N3O5. The average Bonchev–Trinajstić information content (AvgIpc) is 2.67. The monoisotopic (exact) mass is 395 g/mol. The molecule has 6 unspecified atom stereocenters. The Labute approximate surface area is 167 Å². The number of nitrogens with zero attached hydrogens (tertiary/aromatic N) is 3. The maximum atomic E-state index is 10.4. The number of rotatable bonds is 11. The van der Waals surface area contributed by atoms with E-state index >= 15 is 0 Å². The van der Waals surface area contributed by atoms with Crippen LogP contribution in [0.5, 0.6) is 0 Å². The first kappa shape index (κ1) is 22.7. The first-order valence-corrected chi connectivity index (χ1v) is 10.3. The van der Waals surface area contributed by atoms with Crippen molar-refractivity contribution in [1.29, 1.82) is 0 Å². The van der Waals surface area contributed by atoms with Gasteiger partial charge in [0.15, 0.2) is 5.76 Å². The van der Waals surface area contributed by atoms with Gasteiger partial charge in [-0.3, -0.25) is 0 Å². The van der Waals surface area contributed by atoms with E-state index in [2.05, 4.69) is 23.9 Å². The average molecular weight is 396 g/mol. The van der Waals surface area contributed by atoms with Gasteiger partial charge in [0.05, 0.1) is 31.0 Å². The van der Waals surface area contributed by atoms with Gasteiger partial charge in [-0.25, -0.2) is 0 Å². The Hall–Kier alpha value is -1.57. The Balaban J connectivity index is 2.13. The van der Waals surface area contributed by atoms with Crippen LogP contribution < -0.4 is 0 Å². The van der Waals surface area contributed by atoms with Crippen LogP contribution >= 0.6 is 0 Å². The molecular weight excluding hydrogens is 362 g/mol. The van der Waals surface area contributed by atoms with E-state index in [1.807, 2.05) is 13.0 Å². The molecule has 1 aliphatic carbocycles. The van der Waals surface area contributed by atoms with Crippen molar-refractivity contribution < 1.29 is 24.1 Å². The zero-order valence-electron chi connectivity index (χ0n) is 17.1. The molecule has 28 heavy (non-hydrogen) atoms. The Kier molecular flexibility index (Phi) is 9.81. The van der Waals surface area contributed by atoms with E-state index in [9.17, 15) is 5.11 Å². The zero-order valence-corrected chi connectivity index (χ0v) is 17.1. The molecule has 6 atom stereocenters. The van der Waals surface area contributed by atoms with E-state index in [4.69, 9.17) is 24.5 Å². The van der Waals surface area contributed by atoms with Crippen LogP contribution in [0.15, 0.2) is 29.1 Å². The highest BCUT2D eigenvalue weighted by molar-refractivity contribution is 5.11. The molecule has 1 aliphatic heterocycles. The molecule has 0 fully saturated rings. The lowest BCUT2D eigenvalue weighted by atomic mass is 9.97. The van der Waals surface area contributed by atoms with Crippen LogP contribution in [0.3, 0.4) is 0 Å². The summed E-state index contributed by atoms with van der Waals surface area (Å²) in [6.45, 7) is 7.34. The third kappa shape index (κ3) is 6.50. The van der Waals surface area contributed by atoms with E-state index in [1.165, 1.54) is 0 Å². The normalized spacial score (nSPS) is 32.5. The molecule has 8 nitrogen and oxygen atoms in total. The van der Waals surface area contributed by atoms with Crippen molar-refractivity contribution in [1.82, 2.24) is 0 Å². The van der Waals surface area contributed by atoms with Gasteiger partial charge in [-0.2, -0.15) is 0 Å². The van der Waals surface area contributed by atoms with Crippen molar-refractivity contribution >= 4 is 0 Å². The molecule has 0 spiro atoms. The SMILES string of the molecule is CCCCOC1=CC(OCCCC)C(C)OC1OC1C(O)CC=CC1N=[N+]=[N-]. The van der Waals surface area contributed by atoms with Gasteiger partial charge in [0.1, 0.15) is 6.10 Å². The number of ether oxygens (including phenoxy) is 4. The molecule has 0 aromatic heterocycles. The number of hydrogen-bond donors (Lipinski definition) is 1.